The molecule has 0 radical (unpaired) electrons. The molecular formula is C16H24N4OS. The van der Waals surface area contributed by atoms with E-state index in [1.54, 1.807) is 0 Å². The van der Waals surface area contributed by atoms with E-state index in [9.17, 15) is 4.79 Å². The number of H-pyrrole nitrogens is 1. The Morgan fingerprint density at radius 2 is 2.09 bits per heavy atom. The number of rotatable bonds is 5. The second-order valence-electron chi connectivity index (χ2n) is 7.46. The molecule has 2 bridgehead atoms. The van der Waals surface area contributed by atoms with Gasteiger partial charge in [-0.1, -0.05) is 0 Å². The summed E-state index contributed by atoms with van der Waals surface area (Å²) in [6.07, 6.45) is 4.84. The molecule has 1 unspecified atom stereocenters. The normalized spacial score (nSPS) is 35.0. The first kappa shape index (κ1) is 14.4. The summed E-state index contributed by atoms with van der Waals surface area (Å²) in [5.74, 6) is 4.64. The number of fused-ring (bicyclic) bond motifs is 5. The Morgan fingerprint density at radius 3 is 2.73 bits per heavy atom. The Hall–Kier alpha value is -1.17. The fourth-order valence-electron chi connectivity index (χ4n) is 5.14. The monoisotopic (exact) mass is 320 g/mol. The molecule has 0 spiro atoms. The van der Waals surface area contributed by atoms with Gasteiger partial charge in [0.05, 0.1) is 0 Å². The summed E-state index contributed by atoms with van der Waals surface area (Å²) in [7, 11) is 0. The van der Waals surface area contributed by atoms with Crippen LogP contribution in [0.1, 0.15) is 45.0 Å². The van der Waals surface area contributed by atoms with E-state index < -0.39 is 0 Å². The number of nitrogens with one attached hydrogen (secondary N) is 2. The largest absolute Gasteiger partial charge is 0.355 e. The first-order valence-electron chi connectivity index (χ1n) is 8.51. The first-order valence-corrected chi connectivity index (χ1v) is 8.92. The highest BCUT2D eigenvalue weighted by molar-refractivity contribution is 7.71. The smallest absolute Gasteiger partial charge is 0.223 e. The third kappa shape index (κ3) is 2.14. The molecule has 4 rings (SSSR count). The molecule has 3 aliphatic rings. The Morgan fingerprint density at radius 1 is 1.41 bits per heavy atom. The highest BCUT2D eigenvalue weighted by atomic mass is 32.1. The molecule has 22 heavy (non-hydrogen) atoms. The van der Waals surface area contributed by atoms with Crippen molar-refractivity contribution in [2.75, 3.05) is 6.54 Å². The summed E-state index contributed by atoms with van der Waals surface area (Å²) >= 11 is 5.25. The quantitative estimate of drug-likeness (QED) is 0.819. The predicted molar refractivity (Wildman–Crippen MR) is 85.8 cm³/mol. The minimum atomic E-state index is 0.275. The summed E-state index contributed by atoms with van der Waals surface area (Å²) in [5.41, 5.74) is 0. The van der Waals surface area contributed by atoms with E-state index in [-0.39, 0.29) is 11.9 Å². The lowest BCUT2D eigenvalue weighted by Gasteiger charge is -2.12. The van der Waals surface area contributed by atoms with Gasteiger partial charge in [-0.15, -0.1) is 0 Å². The molecule has 5 atom stereocenters. The lowest BCUT2D eigenvalue weighted by molar-refractivity contribution is -0.123. The minimum absolute atomic E-state index is 0.275. The van der Waals surface area contributed by atoms with E-state index in [0.29, 0.717) is 29.1 Å². The van der Waals surface area contributed by atoms with Crippen LogP contribution in [-0.4, -0.2) is 27.2 Å². The fraction of sp³-hybridized carbons (Fsp3) is 0.812. The first-order chi connectivity index (χ1) is 10.6. The molecule has 1 aromatic rings. The minimum Gasteiger partial charge on any atom is -0.355 e. The highest BCUT2D eigenvalue weighted by Crippen LogP contribution is 2.69. The second-order valence-corrected chi connectivity index (χ2v) is 7.85. The molecule has 3 fully saturated rings. The van der Waals surface area contributed by atoms with Gasteiger partial charge in [-0.3, -0.25) is 9.89 Å². The molecule has 3 saturated carbocycles. The van der Waals surface area contributed by atoms with Crippen molar-refractivity contribution in [3.63, 3.8) is 0 Å². The van der Waals surface area contributed by atoms with Crippen LogP contribution < -0.4 is 5.32 Å². The zero-order valence-corrected chi connectivity index (χ0v) is 14.0. The van der Waals surface area contributed by atoms with Crippen LogP contribution in [0, 0.1) is 34.4 Å². The Kier molecular flexibility index (Phi) is 3.40. The summed E-state index contributed by atoms with van der Waals surface area (Å²) in [5, 5.41) is 10.3. The number of aromatic amines is 1. The van der Waals surface area contributed by atoms with Crippen LogP contribution in [0.4, 0.5) is 0 Å². The lowest BCUT2D eigenvalue weighted by atomic mass is 10.0. The molecule has 2 N–H and O–H groups in total. The van der Waals surface area contributed by atoms with Crippen molar-refractivity contribution in [2.24, 2.45) is 29.6 Å². The van der Waals surface area contributed by atoms with Crippen LogP contribution in [0.3, 0.4) is 0 Å². The lowest BCUT2D eigenvalue weighted by Crippen LogP contribution is -2.30. The average Bonchev–Trinajstić information content (AvgIpc) is 2.78. The Labute approximate surface area is 135 Å². The zero-order chi connectivity index (χ0) is 15.4. The van der Waals surface area contributed by atoms with Crippen molar-refractivity contribution in [1.82, 2.24) is 20.1 Å². The second kappa shape index (κ2) is 5.18. The van der Waals surface area contributed by atoms with E-state index in [1.807, 2.05) is 4.57 Å². The molecule has 0 saturated heterocycles. The number of nitrogens with zero attached hydrogens (tertiary/aromatic N) is 2. The third-order valence-corrected chi connectivity index (χ3v) is 6.27. The highest BCUT2D eigenvalue weighted by Gasteiger charge is 2.67. The van der Waals surface area contributed by atoms with Gasteiger partial charge in [0, 0.05) is 24.9 Å². The summed E-state index contributed by atoms with van der Waals surface area (Å²) in [6, 6.07) is 0.287. The van der Waals surface area contributed by atoms with E-state index in [4.69, 9.17) is 12.2 Å². The van der Waals surface area contributed by atoms with Gasteiger partial charge in [0.2, 0.25) is 5.91 Å². The Balaban J connectivity index is 1.31. The van der Waals surface area contributed by atoms with Crippen LogP contribution in [0.5, 0.6) is 0 Å². The number of carbonyl (C=O) groups excluding carboxylic acids is 1. The van der Waals surface area contributed by atoms with E-state index in [0.717, 1.165) is 24.1 Å². The van der Waals surface area contributed by atoms with Gasteiger partial charge in [0.15, 0.2) is 4.77 Å². The molecule has 0 aromatic carbocycles. The predicted octanol–water partition coefficient (Wildman–Crippen LogP) is 2.47. The number of aromatic nitrogens is 3. The van der Waals surface area contributed by atoms with Crippen LogP contribution >= 0.6 is 12.2 Å². The zero-order valence-electron chi connectivity index (χ0n) is 13.2. The number of amides is 1. The molecule has 6 heteroatoms. The molecule has 120 valence electrons. The fourth-order valence-corrected chi connectivity index (χ4v) is 5.50. The molecular weight excluding hydrogens is 296 g/mol. The van der Waals surface area contributed by atoms with Crippen LogP contribution in [-0.2, 0) is 11.2 Å². The van der Waals surface area contributed by atoms with Gasteiger partial charge in [0.25, 0.3) is 0 Å². The van der Waals surface area contributed by atoms with Gasteiger partial charge in [-0.25, -0.2) is 0 Å². The maximum Gasteiger partial charge on any atom is 0.223 e. The van der Waals surface area contributed by atoms with Crippen molar-refractivity contribution < 1.29 is 4.79 Å². The summed E-state index contributed by atoms with van der Waals surface area (Å²) < 4.78 is 2.68. The van der Waals surface area contributed by atoms with Gasteiger partial charge < -0.3 is 9.88 Å². The standard InChI is InChI=1S/C16H24N4OS/c1-8(2)20-11(18-19-16(20)22)5-6-17-15(21)14-12-9-3-4-10(7-9)13(12)14/h8-10,12-14H,3-7H2,1-2H3,(H,17,21)(H,19,22)/t9-,10-,12-,13+,14?/m0/s1. The van der Waals surface area contributed by atoms with Crippen LogP contribution in [0.15, 0.2) is 0 Å². The maximum atomic E-state index is 12.4. The van der Waals surface area contributed by atoms with Gasteiger partial charge in [0.1, 0.15) is 5.82 Å². The number of hydrogen-bond donors (Lipinski definition) is 2. The molecule has 1 heterocycles. The molecule has 3 aliphatic carbocycles. The van der Waals surface area contributed by atoms with Crippen LogP contribution in [0.25, 0.3) is 0 Å². The van der Waals surface area contributed by atoms with Crippen molar-refractivity contribution in [3.05, 3.63) is 10.6 Å². The SMILES string of the molecule is CC(C)n1c(CCNC(=O)C2[C@@H]3[C@H]4CC[C@@H](C4)[C@H]23)n[nH]c1=S. The molecule has 1 aromatic heterocycles. The van der Waals surface area contributed by atoms with Crippen LogP contribution in [0.2, 0.25) is 0 Å². The summed E-state index contributed by atoms with van der Waals surface area (Å²) in [6.45, 7) is 4.83. The summed E-state index contributed by atoms with van der Waals surface area (Å²) in [4.78, 5) is 12.4. The van der Waals surface area contributed by atoms with Crippen molar-refractivity contribution in [1.29, 1.82) is 0 Å². The van der Waals surface area contributed by atoms with Gasteiger partial charge in [-0.2, -0.15) is 5.10 Å². The van der Waals surface area contributed by atoms with Gasteiger partial charge in [-0.05, 0) is 69.0 Å². The third-order valence-electron chi connectivity index (χ3n) is 5.98. The van der Waals surface area contributed by atoms with E-state index in [1.165, 1.54) is 19.3 Å². The molecule has 0 aliphatic heterocycles. The van der Waals surface area contributed by atoms with Crippen molar-refractivity contribution >= 4 is 18.1 Å². The molecule has 5 nitrogen and oxygen atoms in total. The van der Waals surface area contributed by atoms with Gasteiger partial charge >= 0.3 is 0 Å². The van der Waals surface area contributed by atoms with Crippen molar-refractivity contribution in [2.45, 2.75) is 45.6 Å². The van der Waals surface area contributed by atoms with E-state index >= 15 is 0 Å². The average molecular weight is 320 g/mol. The maximum absolute atomic E-state index is 12.4. The Bertz CT molecular complexity index is 633. The molecule has 1 amide bonds. The number of hydrogen-bond acceptors (Lipinski definition) is 3. The topological polar surface area (TPSA) is 62.7 Å². The number of carbonyl (C=O) groups is 1. The van der Waals surface area contributed by atoms with Crippen molar-refractivity contribution in [3.8, 4) is 0 Å². The van der Waals surface area contributed by atoms with E-state index in [2.05, 4.69) is 29.4 Å².